The molecule has 0 rings (SSSR count). The maximum atomic E-state index is 11.9. The van der Waals surface area contributed by atoms with Gasteiger partial charge in [0.25, 0.3) is 0 Å². The molecule has 0 saturated carbocycles. The zero-order valence-electron chi connectivity index (χ0n) is 20.1. The maximum absolute atomic E-state index is 11.9. The Hall–Kier alpha value is -1.30. The van der Waals surface area contributed by atoms with E-state index in [4.69, 9.17) is 4.74 Å². The van der Waals surface area contributed by atoms with Gasteiger partial charge in [-0.3, -0.25) is 4.79 Å². The third kappa shape index (κ3) is 21.4. The summed E-state index contributed by atoms with van der Waals surface area (Å²) in [5.74, 6) is -0.114. The molecule has 170 valence electrons. The van der Waals surface area contributed by atoms with Gasteiger partial charge in [-0.05, 0) is 99.5 Å². The van der Waals surface area contributed by atoms with Gasteiger partial charge < -0.3 is 4.74 Å². The molecule has 0 aliphatic rings. The van der Waals surface area contributed by atoms with Crippen LogP contribution >= 0.6 is 0 Å². The fraction of sp³-hybridized carbons (Fsp3) is 0.593. The summed E-state index contributed by atoms with van der Waals surface area (Å²) >= 11 is 0. The maximum Gasteiger partial charge on any atom is 0.306 e. The molecule has 0 aliphatic carbocycles. The molecule has 3 heteroatoms. The van der Waals surface area contributed by atoms with Gasteiger partial charge in [-0.15, -0.1) is 0 Å². The van der Waals surface area contributed by atoms with Crippen molar-refractivity contribution in [2.45, 2.75) is 99.8 Å². The predicted octanol–water partition coefficient (Wildman–Crippen LogP) is 7.24. The van der Waals surface area contributed by atoms with Crippen molar-refractivity contribution in [2.24, 2.45) is 0 Å². The van der Waals surface area contributed by atoms with Crippen molar-refractivity contribution in [3.63, 3.8) is 0 Å². The quantitative estimate of drug-likeness (QED) is 0.165. The van der Waals surface area contributed by atoms with Crippen molar-refractivity contribution in [3.05, 3.63) is 58.2 Å². The molecular formula is C27H47AlO2. The van der Waals surface area contributed by atoms with E-state index in [-0.39, 0.29) is 23.3 Å². The van der Waals surface area contributed by atoms with Gasteiger partial charge >= 0.3 is 5.97 Å². The average Bonchev–Trinajstić information content (AvgIpc) is 2.61. The number of rotatable bonds is 14. The summed E-state index contributed by atoms with van der Waals surface area (Å²) in [6, 6.07) is 0. The monoisotopic (exact) mass is 430 g/mol. The second-order valence-electron chi connectivity index (χ2n) is 8.55. The molecule has 0 fully saturated rings. The number of esters is 1. The Morgan fingerprint density at radius 1 is 0.567 bits per heavy atom. The minimum atomic E-state index is -0.114. The summed E-state index contributed by atoms with van der Waals surface area (Å²) in [7, 11) is 0. The van der Waals surface area contributed by atoms with Gasteiger partial charge in [-0.2, -0.15) is 0 Å². The highest BCUT2D eigenvalue weighted by Gasteiger charge is 2.01. The number of allylic oxidation sites excluding steroid dienone is 9. The van der Waals surface area contributed by atoms with Crippen LogP contribution in [0.2, 0.25) is 0 Å². The second-order valence-corrected chi connectivity index (χ2v) is 8.55. The Balaban J connectivity index is 0. The van der Waals surface area contributed by atoms with Gasteiger partial charge in [-0.1, -0.05) is 52.2 Å². The first-order valence-electron chi connectivity index (χ1n) is 11.1. The zero-order chi connectivity index (χ0) is 22.1. The average molecular weight is 431 g/mol. The summed E-state index contributed by atoms with van der Waals surface area (Å²) in [4.78, 5) is 11.9. The molecule has 2 nitrogen and oxygen atoms in total. The van der Waals surface area contributed by atoms with Gasteiger partial charge in [0.2, 0.25) is 0 Å². The summed E-state index contributed by atoms with van der Waals surface area (Å²) < 4.78 is 5.31. The zero-order valence-corrected chi connectivity index (χ0v) is 20.1. The Bertz CT molecular complexity index is 625. The SMILES string of the molecule is CC(C)=CCC/C(C)=C/CC/C(C)=C/CCC(=O)OC/C=C(\C)CCC=C(C)C.[AlH3]. The number of hydrogen-bond donors (Lipinski definition) is 0. The second kappa shape index (κ2) is 19.7. The molecule has 0 aromatic carbocycles. The largest absolute Gasteiger partial charge is 0.461 e. The van der Waals surface area contributed by atoms with Crippen molar-refractivity contribution in [3.8, 4) is 0 Å². The number of hydrogen-bond acceptors (Lipinski definition) is 2. The lowest BCUT2D eigenvalue weighted by Gasteiger charge is -2.04. The van der Waals surface area contributed by atoms with Gasteiger partial charge in [-0.25, -0.2) is 0 Å². The Kier molecular flexibility index (Phi) is 20.2. The van der Waals surface area contributed by atoms with Crippen LogP contribution in [0.15, 0.2) is 58.2 Å². The normalized spacial score (nSPS) is 12.2. The summed E-state index contributed by atoms with van der Waals surface area (Å²) in [5.41, 5.74) is 6.82. The summed E-state index contributed by atoms with van der Waals surface area (Å²) in [5, 5.41) is 0. The molecule has 0 amide bonds. The molecule has 0 atom stereocenters. The van der Waals surface area contributed by atoms with Crippen LogP contribution in [0.5, 0.6) is 0 Å². The summed E-state index contributed by atoms with van der Waals surface area (Å²) in [6.45, 7) is 15.4. The molecule has 0 radical (unpaired) electrons. The van der Waals surface area contributed by atoms with Crippen LogP contribution in [0.25, 0.3) is 0 Å². The van der Waals surface area contributed by atoms with Crippen LogP contribution in [0, 0.1) is 0 Å². The van der Waals surface area contributed by atoms with Gasteiger partial charge in [0.1, 0.15) is 6.61 Å². The third-order valence-electron chi connectivity index (χ3n) is 4.73. The molecule has 0 spiro atoms. The van der Waals surface area contributed by atoms with Gasteiger partial charge in [0.05, 0.1) is 0 Å². The highest BCUT2D eigenvalue weighted by molar-refractivity contribution is 5.75. The van der Waals surface area contributed by atoms with Crippen LogP contribution in [-0.4, -0.2) is 29.9 Å². The van der Waals surface area contributed by atoms with Crippen molar-refractivity contribution >= 4 is 23.3 Å². The molecule has 0 unspecified atom stereocenters. The van der Waals surface area contributed by atoms with E-state index in [2.05, 4.69) is 72.8 Å². The van der Waals surface area contributed by atoms with Crippen molar-refractivity contribution in [2.75, 3.05) is 6.61 Å². The van der Waals surface area contributed by atoms with Crippen LogP contribution in [0.3, 0.4) is 0 Å². The molecule has 0 aliphatic heterocycles. The predicted molar refractivity (Wildman–Crippen MR) is 138 cm³/mol. The lowest BCUT2D eigenvalue weighted by atomic mass is 10.1. The first-order chi connectivity index (χ1) is 13.7. The Labute approximate surface area is 197 Å². The first kappa shape index (κ1) is 30.9. The molecule has 30 heavy (non-hydrogen) atoms. The van der Waals surface area contributed by atoms with Gasteiger partial charge in [0.15, 0.2) is 17.4 Å². The Morgan fingerprint density at radius 3 is 1.37 bits per heavy atom. The lowest BCUT2D eigenvalue weighted by molar-refractivity contribution is -0.142. The van der Waals surface area contributed by atoms with Crippen LogP contribution in [0.4, 0.5) is 0 Å². The van der Waals surface area contributed by atoms with Gasteiger partial charge in [0, 0.05) is 6.42 Å². The molecular weight excluding hydrogens is 383 g/mol. The molecule has 0 heterocycles. The molecule has 0 aromatic rings. The fourth-order valence-corrected chi connectivity index (χ4v) is 2.81. The van der Waals surface area contributed by atoms with E-state index in [1.165, 1.54) is 27.9 Å². The van der Waals surface area contributed by atoms with Crippen LogP contribution in [-0.2, 0) is 9.53 Å². The molecule has 0 N–H and O–H groups in total. The van der Waals surface area contributed by atoms with Crippen molar-refractivity contribution in [1.82, 2.24) is 0 Å². The number of ether oxygens (including phenoxy) is 1. The van der Waals surface area contributed by atoms with E-state index in [1.54, 1.807) is 0 Å². The van der Waals surface area contributed by atoms with E-state index < -0.39 is 0 Å². The van der Waals surface area contributed by atoms with E-state index in [9.17, 15) is 4.79 Å². The van der Waals surface area contributed by atoms with E-state index in [0.717, 1.165) is 44.9 Å². The fourth-order valence-electron chi connectivity index (χ4n) is 2.81. The topological polar surface area (TPSA) is 26.3 Å². The smallest absolute Gasteiger partial charge is 0.306 e. The highest BCUT2D eigenvalue weighted by atomic mass is 27.0. The number of carbonyl (C=O) groups is 1. The molecule has 0 aromatic heterocycles. The van der Waals surface area contributed by atoms with Crippen molar-refractivity contribution in [1.29, 1.82) is 0 Å². The lowest BCUT2D eigenvalue weighted by Crippen LogP contribution is -2.04. The van der Waals surface area contributed by atoms with E-state index >= 15 is 0 Å². The van der Waals surface area contributed by atoms with Crippen LogP contribution in [0.1, 0.15) is 99.8 Å². The molecule has 0 bridgehead atoms. The van der Waals surface area contributed by atoms with Crippen molar-refractivity contribution < 1.29 is 9.53 Å². The third-order valence-corrected chi connectivity index (χ3v) is 4.73. The first-order valence-corrected chi connectivity index (χ1v) is 11.1. The standard InChI is InChI=1S/C27H44O2.Al.3H/c1-22(2)12-8-14-24(5)16-10-17-25(6)18-11-19-27(28)29-21-20-26(7)15-9-13-23(3)4;;;;/h12-13,16,18,20H,8-11,14-15,17,19,21H2,1-7H3;;;;/b24-16+,25-18+,26-20+;;;;. The summed E-state index contributed by atoms with van der Waals surface area (Å²) in [6.07, 6.45) is 18.8. The van der Waals surface area contributed by atoms with E-state index in [0.29, 0.717) is 13.0 Å². The minimum absolute atomic E-state index is 0. The molecule has 0 saturated heterocycles. The Morgan fingerprint density at radius 2 is 0.933 bits per heavy atom. The van der Waals surface area contributed by atoms with E-state index in [1.807, 2.05) is 6.08 Å². The van der Waals surface area contributed by atoms with Crippen LogP contribution < -0.4 is 0 Å². The number of carbonyl (C=O) groups excluding carboxylic acids is 1. The highest BCUT2D eigenvalue weighted by Crippen LogP contribution is 2.12. The minimum Gasteiger partial charge on any atom is -0.461 e.